The van der Waals surface area contributed by atoms with Gasteiger partial charge in [-0.25, -0.2) is 0 Å². The topological polar surface area (TPSA) is 48.0 Å². The monoisotopic (exact) mass is 483 g/mol. The second-order valence-electron chi connectivity index (χ2n) is 8.46. The molecule has 1 amide bonds. The number of carbonyl (C=O) groups excluding carboxylic acids is 1. The Hall–Kier alpha value is -2.77. The van der Waals surface area contributed by atoms with Crippen molar-refractivity contribution in [2.24, 2.45) is 0 Å². The third kappa shape index (κ3) is 6.39. The van der Waals surface area contributed by atoms with Crippen LogP contribution in [0, 0.1) is 0 Å². The predicted octanol–water partition coefficient (Wildman–Crippen LogP) is 5.84. The maximum absolute atomic E-state index is 12.5. The first-order valence-electron chi connectivity index (χ1n) is 10.6. The molecule has 0 spiro atoms. The van der Waals surface area contributed by atoms with Gasteiger partial charge in [-0.2, -0.15) is 0 Å². The summed E-state index contributed by atoms with van der Waals surface area (Å²) in [6, 6.07) is 13.7. The Labute approximate surface area is 205 Å². The molecule has 2 aromatic rings. The number of ether oxygens (including phenoxy) is 3. The lowest BCUT2D eigenvalue weighted by atomic mass is 9.87. The lowest BCUT2D eigenvalue weighted by molar-refractivity contribution is -0.121. The van der Waals surface area contributed by atoms with E-state index < -0.39 is 0 Å². The average molecular weight is 484 g/mol. The van der Waals surface area contributed by atoms with Crippen molar-refractivity contribution in [2.45, 2.75) is 26.2 Å². The van der Waals surface area contributed by atoms with Crippen molar-refractivity contribution in [3.63, 3.8) is 0 Å². The lowest BCUT2D eigenvalue weighted by Crippen LogP contribution is -2.27. The summed E-state index contributed by atoms with van der Waals surface area (Å²) in [6.45, 7) is 11.4. The van der Waals surface area contributed by atoms with Gasteiger partial charge in [0.05, 0.1) is 12.0 Å². The fourth-order valence-electron chi connectivity index (χ4n) is 3.19. The van der Waals surface area contributed by atoms with E-state index in [9.17, 15) is 4.79 Å². The Morgan fingerprint density at radius 2 is 1.76 bits per heavy atom. The van der Waals surface area contributed by atoms with Crippen molar-refractivity contribution in [2.75, 3.05) is 26.9 Å². The molecule has 1 fully saturated rings. The summed E-state index contributed by atoms with van der Waals surface area (Å²) < 4.78 is 17.7. The number of thioether (sulfide) groups is 1. The molecule has 0 bridgehead atoms. The number of rotatable bonds is 9. The molecule has 1 heterocycles. The fraction of sp³-hybridized carbons (Fsp3) is 0.308. The highest BCUT2D eigenvalue weighted by molar-refractivity contribution is 8.26. The molecule has 5 nitrogen and oxygen atoms in total. The van der Waals surface area contributed by atoms with E-state index in [0.717, 1.165) is 11.3 Å². The van der Waals surface area contributed by atoms with Crippen molar-refractivity contribution in [3.8, 4) is 17.2 Å². The van der Waals surface area contributed by atoms with Crippen LogP contribution >= 0.6 is 24.0 Å². The molecule has 1 aliphatic heterocycles. The highest BCUT2D eigenvalue weighted by atomic mass is 32.2. The summed E-state index contributed by atoms with van der Waals surface area (Å²) in [5.41, 5.74) is 2.20. The molecule has 174 valence electrons. The van der Waals surface area contributed by atoms with Crippen LogP contribution in [0.3, 0.4) is 0 Å². The molecular formula is C26H29NO4S2. The highest BCUT2D eigenvalue weighted by Crippen LogP contribution is 2.34. The van der Waals surface area contributed by atoms with E-state index in [4.69, 9.17) is 26.4 Å². The maximum Gasteiger partial charge on any atom is 0.266 e. The summed E-state index contributed by atoms with van der Waals surface area (Å²) in [5.74, 6) is 1.89. The molecule has 0 N–H and O–H groups in total. The van der Waals surface area contributed by atoms with E-state index >= 15 is 0 Å². The number of methoxy groups -OCH3 is 1. The first-order valence-corrected chi connectivity index (χ1v) is 11.9. The summed E-state index contributed by atoms with van der Waals surface area (Å²) >= 11 is 6.57. The zero-order chi connectivity index (χ0) is 24.0. The van der Waals surface area contributed by atoms with Crippen molar-refractivity contribution >= 4 is 40.3 Å². The fourth-order valence-corrected chi connectivity index (χ4v) is 4.47. The number of amides is 1. The van der Waals surface area contributed by atoms with E-state index in [1.165, 1.54) is 22.2 Å². The third-order valence-corrected chi connectivity index (χ3v) is 6.38. The van der Waals surface area contributed by atoms with Crippen LogP contribution in [0.2, 0.25) is 0 Å². The van der Waals surface area contributed by atoms with Crippen LogP contribution in [0.15, 0.2) is 60.0 Å². The second kappa shape index (κ2) is 10.9. The van der Waals surface area contributed by atoms with E-state index in [-0.39, 0.29) is 11.3 Å². The van der Waals surface area contributed by atoms with Gasteiger partial charge in [0.25, 0.3) is 5.91 Å². The van der Waals surface area contributed by atoms with E-state index in [2.05, 4.69) is 39.5 Å². The van der Waals surface area contributed by atoms with Crippen LogP contribution in [0.4, 0.5) is 0 Å². The van der Waals surface area contributed by atoms with E-state index in [1.807, 2.05) is 30.3 Å². The largest absolute Gasteiger partial charge is 0.493 e. The number of benzene rings is 2. The van der Waals surface area contributed by atoms with Gasteiger partial charge in [-0.1, -0.05) is 69.0 Å². The Balaban J connectivity index is 1.58. The summed E-state index contributed by atoms with van der Waals surface area (Å²) in [6.07, 6.45) is 3.46. The van der Waals surface area contributed by atoms with Crippen molar-refractivity contribution in [1.82, 2.24) is 4.90 Å². The van der Waals surface area contributed by atoms with Gasteiger partial charge in [-0.3, -0.25) is 9.69 Å². The van der Waals surface area contributed by atoms with Gasteiger partial charge in [0, 0.05) is 6.54 Å². The molecule has 3 rings (SSSR count). The minimum absolute atomic E-state index is 0.112. The zero-order valence-corrected chi connectivity index (χ0v) is 21.1. The van der Waals surface area contributed by atoms with Crippen LogP contribution in [0.1, 0.15) is 31.9 Å². The Morgan fingerprint density at radius 1 is 1.06 bits per heavy atom. The van der Waals surface area contributed by atoms with Gasteiger partial charge in [-0.05, 0) is 46.9 Å². The maximum atomic E-state index is 12.5. The number of nitrogens with zero attached hydrogens (tertiary/aromatic N) is 1. The number of carbonyl (C=O) groups is 1. The molecule has 0 atom stereocenters. The Morgan fingerprint density at radius 3 is 2.39 bits per heavy atom. The molecule has 1 saturated heterocycles. The van der Waals surface area contributed by atoms with Gasteiger partial charge in [-0.15, -0.1) is 6.58 Å². The van der Waals surface area contributed by atoms with Crippen LogP contribution < -0.4 is 14.2 Å². The minimum Gasteiger partial charge on any atom is -0.493 e. The van der Waals surface area contributed by atoms with Gasteiger partial charge in [0.15, 0.2) is 11.5 Å². The van der Waals surface area contributed by atoms with Crippen LogP contribution in [0.5, 0.6) is 17.2 Å². The minimum atomic E-state index is -0.114. The number of hydrogen-bond acceptors (Lipinski definition) is 6. The molecule has 0 unspecified atom stereocenters. The van der Waals surface area contributed by atoms with E-state index in [0.29, 0.717) is 40.5 Å². The van der Waals surface area contributed by atoms with Crippen LogP contribution in [-0.2, 0) is 10.2 Å². The molecule has 33 heavy (non-hydrogen) atoms. The van der Waals surface area contributed by atoms with Gasteiger partial charge in [0.1, 0.15) is 23.3 Å². The zero-order valence-electron chi connectivity index (χ0n) is 19.4. The molecular weight excluding hydrogens is 454 g/mol. The van der Waals surface area contributed by atoms with E-state index in [1.54, 1.807) is 19.3 Å². The average Bonchev–Trinajstić information content (AvgIpc) is 3.04. The molecule has 2 aromatic carbocycles. The SMILES string of the molecule is C=CCN1C(=O)/C(=C/c2ccc(OCCOc3ccc(C(C)(C)C)cc3)c(OC)c2)SC1=S. The molecule has 0 radical (unpaired) electrons. The molecule has 0 saturated carbocycles. The Bertz CT molecular complexity index is 1050. The van der Waals surface area contributed by atoms with Gasteiger partial charge in [0.2, 0.25) is 0 Å². The number of thiocarbonyl (C=S) groups is 1. The van der Waals surface area contributed by atoms with Crippen LogP contribution in [0.25, 0.3) is 6.08 Å². The molecule has 0 aromatic heterocycles. The second-order valence-corrected chi connectivity index (χ2v) is 10.1. The summed E-state index contributed by atoms with van der Waals surface area (Å²) in [5, 5.41) is 0. The standard InChI is InChI=1S/C26H29NO4S2/c1-6-13-27-24(28)23(33-25(27)32)17-18-7-12-21(22(16-18)29-5)31-15-14-30-20-10-8-19(9-11-20)26(2,3)4/h6-12,16-17H,1,13-15H2,2-5H3/b23-17-. The first kappa shape index (κ1) is 24.9. The summed E-state index contributed by atoms with van der Waals surface area (Å²) in [4.78, 5) is 14.6. The Kier molecular flexibility index (Phi) is 8.21. The van der Waals surface area contributed by atoms with Crippen LogP contribution in [-0.4, -0.2) is 42.0 Å². The van der Waals surface area contributed by atoms with Crippen molar-refractivity contribution in [3.05, 3.63) is 71.2 Å². The molecule has 7 heteroatoms. The predicted molar refractivity (Wildman–Crippen MR) is 139 cm³/mol. The first-order chi connectivity index (χ1) is 15.7. The number of hydrogen-bond donors (Lipinski definition) is 0. The quantitative estimate of drug-likeness (QED) is 0.193. The summed E-state index contributed by atoms with van der Waals surface area (Å²) in [7, 11) is 1.59. The van der Waals surface area contributed by atoms with Crippen molar-refractivity contribution < 1.29 is 19.0 Å². The van der Waals surface area contributed by atoms with Crippen molar-refractivity contribution in [1.29, 1.82) is 0 Å². The van der Waals surface area contributed by atoms with Gasteiger partial charge < -0.3 is 14.2 Å². The molecule has 1 aliphatic rings. The lowest BCUT2D eigenvalue weighted by Gasteiger charge is -2.19. The molecule has 0 aliphatic carbocycles. The smallest absolute Gasteiger partial charge is 0.266 e. The third-order valence-electron chi connectivity index (χ3n) is 5.00. The highest BCUT2D eigenvalue weighted by Gasteiger charge is 2.31. The van der Waals surface area contributed by atoms with Gasteiger partial charge >= 0.3 is 0 Å². The normalized spacial score (nSPS) is 15.2.